The highest BCUT2D eigenvalue weighted by atomic mass is 32.2. The highest BCUT2D eigenvalue weighted by Gasteiger charge is 2.21. The van der Waals surface area contributed by atoms with Gasteiger partial charge in [-0.2, -0.15) is 4.41 Å². The Morgan fingerprint density at radius 3 is 2.79 bits per heavy atom. The number of amides is 2. The molecule has 1 unspecified atom stereocenters. The van der Waals surface area contributed by atoms with E-state index < -0.39 is 17.9 Å². The van der Waals surface area contributed by atoms with Crippen molar-refractivity contribution in [2.45, 2.75) is 38.6 Å². The van der Waals surface area contributed by atoms with Crippen LogP contribution >= 0.6 is 11.9 Å². The van der Waals surface area contributed by atoms with E-state index in [1.54, 1.807) is 48.5 Å². The number of rotatable bonds is 10. The summed E-state index contributed by atoms with van der Waals surface area (Å²) in [5.74, 6) is -0.833. The quantitative estimate of drug-likeness (QED) is 0.390. The number of hydrogen-bond acceptors (Lipinski definition) is 7. The topological polar surface area (TPSA) is 124 Å². The molecule has 1 fully saturated rings. The molecular weight excluding hydrogens is 442 g/mol. The molecule has 2 amide bonds. The molecule has 33 heavy (non-hydrogen) atoms. The monoisotopic (exact) mass is 471 g/mol. The van der Waals surface area contributed by atoms with Crippen molar-refractivity contribution in [2.24, 2.45) is 0 Å². The van der Waals surface area contributed by atoms with Crippen LogP contribution in [0.15, 0.2) is 42.6 Å². The van der Waals surface area contributed by atoms with Crippen LogP contribution in [0.3, 0.4) is 0 Å². The van der Waals surface area contributed by atoms with E-state index in [1.807, 2.05) is 13.0 Å². The minimum atomic E-state index is -1.04. The lowest BCUT2D eigenvalue weighted by Gasteiger charge is -2.26. The van der Waals surface area contributed by atoms with Crippen LogP contribution in [0.4, 0.5) is 5.69 Å². The fourth-order valence-corrected chi connectivity index (χ4v) is 4.53. The highest BCUT2D eigenvalue weighted by molar-refractivity contribution is 7.97. The third-order valence-corrected chi connectivity index (χ3v) is 6.20. The van der Waals surface area contributed by atoms with Gasteiger partial charge < -0.3 is 21.2 Å². The number of aryl methyl sites for hydroxylation is 1. The van der Waals surface area contributed by atoms with Gasteiger partial charge in [0.15, 0.2) is 0 Å². The van der Waals surface area contributed by atoms with E-state index in [1.165, 1.54) is 6.42 Å². The van der Waals surface area contributed by atoms with Crippen LogP contribution in [-0.4, -0.2) is 51.1 Å². The Kier molecular flexibility index (Phi) is 9.08. The second kappa shape index (κ2) is 12.2. The zero-order chi connectivity index (χ0) is 23.6. The highest BCUT2D eigenvalue weighted by Crippen LogP contribution is 2.22. The number of hydrazine groups is 1. The first-order valence-electron chi connectivity index (χ1n) is 11.0. The molecule has 1 saturated heterocycles. The van der Waals surface area contributed by atoms with Crippen LogP contribution in [0.25, 0.3) is 0 Å². The van der Waals surface area contributed by atoms with E-state index in [-0.39, 0.29) is 18.9 Å². The Morgan fingerprint density at radius 1 is 1.21 bits per heavy atom. The number of carbonyl (C=O) groups is 3. The number of nitrogens with one attached hydrogen (secondary N) is 3. The number of benzene rings is 1. The van der Waals surface area contributed by atoms with Gasteiger partial charge in [-0.25, -0.2) is 0 Å². The minimum absolute atomic E-state index is 0.268. The third-order valence-electron chi connectivity index (χ3n) is 5.14. The predicted molar refractivity (Wildman–Crippen MR) is 128 cm³/mol. The average Bonchev–Trinajstić information content (AvgIpc) is 2.82. The molecular formula is C23H29N5O4S. The van der Waals surface area contributed by atoms with Gasteiger partial charge in [-0.15, -0.1) is 0 Å². The first-order chi connectivity index (χ1) is 16.0. The van der Waals surface area contributed by atoms with Crippen LogP contribution < -0.4 is 16.1 Å². The molecule has 0 saturated carbocycles. The summed E-state index contributed by atoms with van der Waals surface area (Å²) in [5, 5.41) is 14.6. The average molecular weight is 472 g/mol. The zero-order valence-electron chi connectivity index (χ0n) is 18.5. The van der Waals surface area contributed by atoms with Gasteiger partial charge in [0.25, 0.3) is 5.91 Å². The smallest absolute Gasteiger partial charge is 0.305 e. The molecule has 2 aromatic rings. The number of carboxylic acids is 1. The molecule has 0 radical (unpaired) electrons. The van der Waals surface area contributed by atoms with Crippen molar-refractivity contribution in [3.8, 4) is 0 Å². The van der Waals surface area contributed by atoms with Gasteiger partial charge in [-0.05, 0) is 49.1 Å². The summed E-state index contributed by atoms with van der Waals surface area (Å²) in [6, 6.07) is 9.82. The van der Waals surface area contributed by atoms with Crippen molar-refractivity contribution in [1.82, 2.24) is 20.0 Å². The molecule has 1 aliphatic heterocycles. The van der Waals surface area contributed by atoms with Crippen molar-refractivity contribution < 1.29 is 19.5 Å². The second-order valence-corrected chi connectivity index (χ2v) is 8.74. The summed E-state index contributed by atoms with van der Waals surface area (Å²) in [5.41, 5.74) is 5.91. The molecule has 3 rings (SSSR count). The van der Waals surface area contributed by atoms with E-state index >= 15 is 0 Å². The molecule has 0 spiro atoms. The van der Waals surface area contributed by atoms with Crippen LogP contribution in [0.1, 0.15) is 53.8 Å². The summed E-state index contributed by atoms with van der Waals surface area (Å²) in [6.07, 6.45) is 4.28. The lowest BCUT2D eigenvalue weighted by Crippen LogP contribution is -2.39. The number of aromatic nitrogens is 1. The number of nitrogens with zero attached hydrogens (tertiary/aromatic N) is 2. The Labute approximate surface area is 197 Å². The maximum atomic E-state index is 12.6. The Morgan fingerprint density at radius 2 is 2.06 bits per heavy atom. The number of carboxylic acid groups (broad SMARTS) is 1. The molecule has 1 aromatic carbocycles. The van der Waals surface area contributed by atoms with Crippen molar-refractivity contribution in [3.05, 3.63) is 59.4 Å². The number of pyridine rings is 1. The van der Waals surface area contributed by atoms with Gasteiger partial charge >= 0.3 is 5.97 Å². The fourth-order valence-electron chi connectivity index (χ4n) is 3.54. The van der Waals surface area contributed by atoms with Crippen molar-refractivity contribution in [3.63, 3.8) is 0 Å². The molecule has 4 N–H and O–H groups in total. The maximum absolute atomic E-state index is 12.6. The Bertz CT molecular complexity index is 981. The Balaban J connectivity index is 1.58. The molecule has 2 heterocycles. The van der Waals surface area contributed by atoms with Crippen LogP contribution in [0.5, 0.6) is 0 Å². The standard InChI is InChI=1S/C23H29N5O4S/c1-2-19-18(9-6-10-24-19)20(14-22(30)31)26-21(29)15-25-23(32)16-7-5-8-17(13-16)27-28-11-3-4-12-33-28/h5-10,13,20,27H,2-4,11-12,14-15H2,1H3,(H,25,32)(H,26,29)(H,30,31). The molecule has 0 bridgehead atoms. The van der Waals surface area contributed by atoms with Gasteiger partial charge in [-0.3, -0.25) is 19.4 Å². The molecule has 1 atom stereocenters. The van der Waals surface area contributed by atoms with E-state index in [0.717, 1.165) is 30.1 Å². The lowest BCUT2D eigenvalue weighted by atomic mass is 10.0. The lowest BCUT2D eigenvalue weighted by molar-refractivity contribution is -0.137. The van der Waals surface area contributed by atoms with Crippen molar-refractivity contribution >= 4 is 35.4 Å². The van der Waals surface area contributed by atoms with Crippen molar-refractivity contribution in [2.75, 3.05) is 24.3 Å². The van der Waals surface area contributed by atoms with Gasteiger partial charge in [0.2, 0.25) is 5.91 Å². The van der Waals surface area contributed by atoms with E-state index in [9.17, 15) is 19.5 Å². The molecule has 1 aromatic heterocycles. The largest absolute Gasteiger partial charge is 0.481 e. The molecule has 176 valence electrons. The number of anilines is 1. The number of aliphatic carboxylic acids is 1. The zero-order valence-corrected chi connectivity index (χ0v) is 19.4. The van der Waals surface area contributed by atoms with E-state index in [4.69, 9.17) is 0 Å². The Hall–Kier alpha value is -3.11. The second-order valence-electron chi connectivity index (χ2n) is 7.63. The van der Waals surface area contributed by atoms with E-state index in [2.05, 4.69) is 25.5 Å². The molecule has 0 aliphatic carbocycles. The predicted octanol–water partition coefficient (Wildman–Crippen LogP) is 2.78. The van der Waals surface area contributed by atoms with Crippen molar-refractivity contribution in [1.29, 1.82) is 0 Å². The summed E-state index contributed by atoms with van der Waals surface area (Å²) >= 11 is 1.72. The first kappa shape index (κ1) is 24.5. The van der Waals surface area contributed by atoms with Crippen LogP contribution in [0.2, 0.25) is 0 Å². The minimum Gasteiger partial charge on any atom is -0.481 e. The SMILES string of the molecule is CCc1ncccc1C(CC(=O)O)NC(=O)CNC(=O)c1cccc(NN2CCCCS2)c1. The summed E-state index contributed by atoms with van der Waals surface area (Å²) < 4.78 is 2.06. The summed E-state index contributed by atoms with van der Waals surface area (Å²) in [6.45, 7) is 2.57. The fraction of sp³-hybridized carbons (Fsp3) is 0.391. The summed E-state index contributed by atoms with van der Waals surface area (Å²) in [7, 11) is 0. The van der Waals surface area contributed by atoms with Gasteiger partial charge in [0.05, 0.1) is 24.7 Å². The molecule has 9 nitrogen and oxygen atoms in total. The van der Waals surface area contributed by atoms with Gasteiger partial charge in [0, 0.05) is 29.8 Å². The van der Waals surface area contributed by atoms with E-state index in [0.29, 0.717) is 17.5 Å². The summed E-state index contributed by atoms with van der Waals surface area (Å²) in [4.78, 5) is 40.7. The van der Waals surface area contributed by atoms with Crippen LogP contribution in [0, 0.1) is 0 Å². The molecule has 10 heteroatoms. The van der Waals surface area contributed by atoms with Gasteiger partial charge in [0.1, 0.15) is 0 Å². The first-order valence-corrected chi connectivity index (χ1v) is 11.9. The third kappa shape index (κ3) is 7.47. The van der Waals surface area contributed by atoms with Gasteiger partial charge in [-0.1, -0.05) is 31.0 Å². The number of hydrogen-bond donors (Lipinski definition) is 4. The molecule has 1 aliphatic rings. The maximum Gasteiger partial charge on any atom is 0.305 e. The number of carbonyl (C=O) groups excluding carboxylic acids is 2. The normalized spacial score (nSPS) is 14.8. The van der Waals surface area contributed by atoms with Crippen LogP contribution in [-0.2, 0) is 16.0 Å².